The minimum Gasteiger partial charge on any atom is -0.311 e. The summed E-state index contributed by atoms with van der Waals surface area (Å²) in [6, 6.07) is 95.4. The Balaban J connectivity index is 1.03. The standard InChI is InChI=1S/C61H42N2SSi/c1-4-21-43(22-5-1)61(44-39-40-50-49-29-10-17-36-57(49)64-58(50)41-44)51-30-11-13-32-53(51)62(54-33-14-12-31-52(54)61)45-23-20-24-46(42-45)63-55-34-15-18-37-59(55)65(47-25-6-2-7-26-47,48-27-8-3-9-28-48)60-38-19-16-35-56(60)63/h1-42H. The third-order valence-electron chi connectivity index (χ3n) is 14.0. The van der Waals surface area contributed by atoms with E-state index >= 15 is 0 Å². The molecule has 4 heteroatoms. The van der Waals surface area contributed by atoms with Gasteiger partial charge in [0.15, 0.2) is 8.07 Å². The highest BCUT2D eigenvalue weighted by atomic mass is 32.1. The Morgan fingerprint density at radius 2 is 0.785 bits per heavy atom. The largest absolute Gasteiger partial charge is 0.311 e. The molecule has 1 aromatic heterocycles. The lowest BCUT2D eigenvalue weighted by Gasteiger charge is -2.47. The number of thiophene rings is 1. The first-order valence-corrected chi connectivity index (χ1v) is 25.2. The normalized spacial score (nSPS) is 14.3. The molecule has 0 atom stereocenters. The molecule has 0 spiro atoms. The number of para-hydroxylation sites is 4. The van der Waals surface area contributed by atoms with Gasteiger partial charge in [-0.25, -0.2) is 0 Å². The highest BCUT2D eigenvalue weighted by Crippen LogP contribution is 2.58. The first-order chi connectivity index (χ1) is 32.3. The van der Waals surface area contributed by atoms with Crippen LogP contribution in [-0.2, 0) is 5.41 Å². The molecule has 0 bridgehead atoms. The van der Waals surface area contributed by atoms with Crippen molar-refractivity contribution in [2.24, 2.45) is 0 Å². The number of hydrogen-bond donors (Lipinski definition) is 0. The number of hydrogen-bond acceptors (Lipinski definition) is 3. The first kappa shape index (κ1) is 37.8. The lowest BCUT2D eigenvalue weighted by Crippen LogP contribution is -2.77. The summed E-state index contributed by atoms with van der Waals surface area (Å²) in [6.45, 7) is 0. The maximum atomic E-state index is 2.52. The molecular weight excluding hydrogens is 821 g/mol. The lowest BCUT2D eigenvalue weighted by molar-refractivity contribution is 0.732. The van der Waals surface area contributed by atoms with Crippen LogP contribution in [0.25, 0.3) is 20.2 Å². The van der Waals surface area contributed by atoms with Crippen molar-refractivity contribution in [3.63, 3.8) is 0 Å². The Bertz CT molecular complexity index is 3450. The molecule has 0 fully saturated rings. The molecule has 13 rings (SSSR count). The highest BCUT2D eigenvalue weighted by Gasteiger charge is 2.49. The van der Waals surface area contributed by atoms with Gasteiger partial charge in [0.2, 0.25) is 0 Å². The molecule has 0 saturated heterocycles. The molecule has 0 unspecified atom stereocenters. The molecule has 0 radical (unpaired) electrons. The van der Waals surface area contributed by atoms with Crippen molar-refractivity contribution in [3.05, 3.63) is 277 Å². The summed E-state index contributed by atoms with van der Waals surface area (Å²) in [7, 11) is -2.75. The van der Waals surface area contributed by atoms with Gasteiger partial charge in [-0.1, -0.05) is 200 Å². The molecule has 2 aliphatic rings. The van der Waals surface area contributed by atoms with Crippen molar-refractivity contribution in [2.45, 2.75) is 5.41 Å². The molecule has 10 aromatic carbocycles. The number of nitrogens with zero attached hydrogens (tertiary/aromatic N) is 2. The van der Waals surface area contributed by atoms with Gasteiger partial charge in [0.1, 0.15) is 0 Å². The van der Waals surface area contributed by atoms with E-state index in [2.05, 4.69) is 265 Å². The van der Waals surface area contributed by atoms with Gasteiger partial charge < -0.3 is 9.80 Å². The zero-order valence-electron chi connectivity index (χ0n) is 35.6. The van der Waals surface area contributed by atoms with Crippen LogP contribution >= 0.6 is 11.3 Å². The minimum atomic E-state index is -2.75. The monoisotopic (exact) mass is 862 g/mol. The van der Waals surface area contributed by atoms with Gasteiger partial charge in [-0.05, 0) is 97.6 Å². The summed E-state index contributed by atoms with van der Waals surface area (Å²) in [6.07, 6.45) is 0. The number of fused-ring (bicyclic) bond motifs is 7. The zero-order chi connectivity index (χ0) is 43.0. The molecule has 0 saturated carbocycles. The van der Waals surface area contributed by atoms with Crippen LogP contribution in [0.3, 0.4) is 0 Å². The Kier molecular flexibility index (Phi) is 8.67. The van der Waals surface area contributed by atoms with E-state index in [1.165, 1.54) is 85.9 Å². The Morgan fingerprint density at radius 3 is 1.38 bits per heavy atom. The molecular formula is C61H42N2SSi. The summed E-state index contributed by atoms with van der Waals surface area (Å²) in [4.78, 5) is 5.02. The van der Waals surface area contributed by atoms with Crippen LogP contribution in [0.1, 0.15) is 22.3 Å². The second-order valence-corrected chi connectivity index (χ2v) is 22.0. The van der Waals surface area contributed by atoms with Crippen LogP contribution in [0.15, 0.2) is 255 Å². The number of benzene rings is 10. The smallest absolute Gasteiger partial charge is 0.184 e. The third kappa shape index (κ3) is 5.45. The maximum Gasteiger partial charge on any atom is 0.184 e. The Morgan fingerprint density at radius 1 is 0.323 bits per heavy atom. The molecule has 0 amide bonds. The fourth-order valence-electron chi connectivity index (χ4n) is 11.4. The second-order valence-electron chi connectivity index (χ2n) is 17.2. The molecule has 2 nitrogen and oxygen atoms in total. The highest BCUT2D eigenvalue weighted by molar-refractivity contribution is 7.25. The van der Waals surface area contributed by atoms with Crippen molar-refractivity contribution in [2.75, 3.05) is 9.80 Å². The van der Waals surface area contributed by atoms with E-state index in [0.29, 0.717) is 0 Å². The average Bonchev–Trinajstić information content (AvgIpc) is 3.76. The summed E-state index contributed by atoms with van der Waals surface area (Å²) in [5.74, 6) is 0. The van der Waals surface area contributed by atoms with E-state index < -0.39 is 13.5 Å². The van der Waals surface area contributed by atoms with E-state index in [4.69, 9.17) is 0 Å². The molecule has 65 heavy (non-hydrogen) atoms. The van der Waals surface area contributed by atoms with E-state index in [9.17, 15) is 0 Å². The van der Waals surface area contributed by atoms with Crippen LogP contribution in [0, 0.1) is 0 Å². The lowest BCUT2D eigenvalue weighted by atomic mass is 9.62. The summed E-state index contributed by atoms with van der Waals surface area (Å²) < 4.78 is 2.62. The summed E-state index contributed by atoms with van der Waals surface area (Å²) in [5.41, 5.74) is 11.5. The van der Waals surface area contributed by atoms with Crippen molar-refractivity contribution in [1.82, 2.24) is 0 Å². The van der Waals surface area contributed by atoms with Gasteiger partial charge in [0.05, 0.1) is 16.8 Å². The van der Waals surface area contributed by atoms with Gasteiger partial charge in [0.25, 0.3) is 0 Å². The topological polar surface area (TPSA) is 6.48 Å². The predicted molar refractivity (Wildman–Crippen MR) is 278 cm³/mol. The number of anilines is 6. The van der Waals surface area contributed by atoms with Crippen molar-refractivity contribution in [3.8, 4) is 0 Å². The minimum absolute atomic E-state index is 0.583. The number of rotatable bonds is 6. The Labute approximate surface area is 384 Å². The molecule has 0 aliphatic carbocycles. The molecule has 3 heterocycles. The quantitative estimate of drug-likeness (QED) is 0.154. The fraction of sp³-hybridized carbons (Fsp3) is 0.0164. The van der Waals surface area contributed by atoms with Gasteiger partial charge >= 0.3 is 0 Å². The Hall–Kier alpha value is -7.76. The van der Waals surface area contributed by atoms with Crippen LogP contribution in [0.2, 0.25) is 0 Å². The molecule has 2 aliphatic heterocycles. The molecule has 0 N–H and O–H groups in total. The van der Waals surface area contributed by atoms with Gasteiger partial charge in [-0.3, -0.25) is 0 Å². The molecule has 306 valence electrons. The zero-order valence-corrected chi connectivity index (χ0v) is 37.4. The van der Waals surface area contributed by atoms with Crippen LogP contribution in [0.5, 0.6) is 0 Å². The van der Waals surface area contributed by atoms with Gasteiger partial charge in [-0.15, -0.1) is 11.3 Å². The second kappa shape index (κ2) is 14.9. The van der Waals surface area contributed by atoms with Gasteiger partial charge in [0, 0.05) is 42.9 Å². The summed E-state index contributed by atoms with van der Waals surface area (Å²) >= 11 is 1.88. The van der Waals surface area contributed by atoms with E-state index in [1.807, 2.05) is 11.3 Å². The van der Waals surface area contributed by atoms with Crippen molar-refractivity contribution >= 4 is 94.5 Å². The predicted octanol–water partition coefficient (Wildman–Crippen LogP) is 13.4. The molecule has 11 aromatic rings. The van der Waals surface area contributed by atoms with Crippen LogP contribution in [-0.4, -0.2) is 8.07 Å². The fourth-order valence-corrected chi connectivity index (χ4v) is 17.7. The van der Waals surface area contributed by atoms with Gasteiger partial charge in [-0.2, -0.15) is 0 Å². The average molecular weight is 863 g/mol. The SMILES string of the molecule is c1ccc(C2(c3ccc4c(c3)sc3ccccc34)c3ccccc3N(c3cccc(N4c5ccccc5[Si](c5ccccc5)(c5ccccc5)c5ccccc54)c3)c3ccccc32)cc1. The maximum absolute atomic E-state index is 2.75. The van der Waals surface area contributed by atoms with E-state index in [0.717, 1.165) is 11.4 Å². The van der Waals surface area contributed by atoms with Crippen LogP contribution < -0.4 is 30.5 Å². The van der Waals surface area contributed by atoms with E-state index in [-0.39, 0.29) is 0 Å². The van der Waals surface area contributed by atoms with Crippen molar-refractivity contribution in [1.29, 1.82) is 0 Å². The first-order valence-electron chi connectivity index (χ1n) is 22.4. The third-order valence-corrected chi connectivity index (χ3v) is 20.0. The van der Waals surface area contributed by atoms with E-state index in [1.54, 1.807) is 0 Å². The van der Waals surface area contributed by atoms with Crippen LogP contribution in [0.4, 0.5) is 34.1 Å². The van der Waals surface area contributed by atoms with Crippen molar-refractivity contribution < 1.29 is 0 Å². The summed E-state index contributed by atoms with van der Waals surface area (Å²) in [5, 5.41) is 8.16.